The highest BCUT2D eigenvalue weighted by molar-refractivity contribution is 7.80. The van der Waals surface area contributed by atoms with E-state index in [0.29, 0.717) is 23.5 Å². The fraction of sp³-hybridized carbons (Fsp3) is 0.458. The second-order valence-corrected chi connectivity index (χ2v) is 8.78. The predicted octanol–water partition coefficient (Wildman–Crippen LogP) is 7.26. The lowest BCUT2D eigenvalue weighted by Crippen LogP contribution is -2.25. The number of halogens is 3. The minimum absolute atomic E-state index is 0.230. The topological polar surface area (TPSA) is 9.23 Å². The molecule has 2 aromatic carbocycles. The van der Waals surface area contributed by atoms with Crippen LogP contribution in [0.4, 0.5) is 13.2 Å². The molecule has 1 saturated carbocycles. The lowest BCUT2D eigenvalue weighted by atomic mass is 9.83. The number of aryl methyl sites for hydroxylation is 2. The van der Waals surface area contributed by atoms with Crippen molar-refractivity contribution < 1.29 is 17.9 Å². The van der Waals surface area contributed by atoms with Crippen LogP contribution in [0.15, 0.2) is 42.5 Å². The molecule has 0 aliphatic heterocycles. The van der Waals surface area contributed by atoms with Crippen LogP contribution in [0, 0.1) is 19.8 Å². The number of ether oxygens (including phenoxy) is 1. The van der Waals surface area contributed by atoms with Gasteiger partial charge >= 0.3 is 6.18 Å². The number of rotatable bonds is 6. The third-order valence-electron chi connectivity index (χ3n) is 5.50. The van der Waals surface area contributed by atoms with Crippen LogP contribution in [-0.4, -0.2) is 11.0 Å². The second-order valence-electron chi connectivity index (χ2n) is 8.20. The first-order chi connectivity index (χ1) is 13.7. The van der Waals surface area contributed by atoms with Gasteiger partial charge in [0.05, 0.1) is 11.7 Å². The van der Waals surface area contributed by atoms with Gasteiger partial charge in [-0.15, -0.1) is 0 Å². The minimum atomic E-state index is -4.32. The van der Waals surface area contributed by atoms with Gasteiger partial charge in [-0.25, -0.2) is 0 Å². The Labute approximate surface area is 176 Å². The fourth-order valence-electron chi connectivity index (χ4n) is 4.01. The first kappa shape index (κ1) is 21.8. The van der Waals surface area contributed by atoms with E-state index in [2.05, 4.69) is 19.1 Å². The average molecular weight is 421 g/mol. The van der Waals surface area contributed by atoms with E-state index < -0.39 is 11.7 Å². The summed E-state index contributed by atoms with van der Waals surface area (Å²) in [6.07, 6.45) is 1.19. The van der Waals surface area contributed by atoms with E-state index in [0.717, 1.165) is 42.7 Å². The van der Waals surface area contributed by atoms with Crippen molar-refractivity contribution in [1.29, 1.82) is 0 Å². The Balaban J connectivity index is 1.49. The van der Waals surface area contributed by atoms with Crippen LogP contribution in [0.25, 0.3) is 0 Å². The standard InChI is InChI=1S/C24H27F3OS/c1-16-3-7-21(8-4-16)28-22-9-5-18(6-10-22)14-23(29)15-19-11-17(2)12-20(13-19)24(25,26)27/h3-4,7-8,11-13,18,22H,5-6,9-10,14-15H2,1-2H3. The third-order valence-corrected chi connectivity index (χ3v) is 5.81. The maximum absolute atomic E-state index is 13.0. The van der Waals surface area contributed by atoms with Gasteiger partial charge < -0.3 is 4.74 Å². The third kappa shape index (κ3) is 6.56. The van der Waals surface area contributed by atoms with Crippen LogP contribution in [-0.2, 0) is 12.6 Å². The first-order valence-corrected chi connectivity index (χ1v) is 10.5. The van der Waals surface area contributed by atoms with Crippen molar-refractivity contribution in [3.8, 4) is 5.75 Å². The number of thiocarbonyl (C=S) groups is 1. The van der Waals surface area contributed by atoms with Crippen molar-refractivity contribution in [1.82, 2.24) is 0 Å². The predicted molar refractivity (Wildman–Crippen MR) is 115 cm³/mol. The number of alkyl halides is 3. The van der Waals surface area contributed by atoms with Gasteiger partial charge in [-0.05, 0) is 86.6 Å². The Morgan fingerprint density at radius 3 is 2.24 bits per heavy atom. The quantitative estimate of drug-likeness (QED) is 0.455. The fourth-order valence-corrected chi connectivity index (χ4v) is 4.42. The molecule has 1 fully saturated rings. The van der Waals surface area contributed by atoms with Crippen molar-refractivity contribution in [2.45, 2.75) is 64.7 Å². The van der Waals surface area contributed by atoms with Gasteiger partial charge in [-0.3, -0.25) is 0 Å². The molecule has 1 nitrogen and oxygen atoms in total. The molecule has 2 aromatic rings. The molecule has 0 radical (unpaired) electrons. The monoisotopic (exact) mass is 420 g/mol. The van der Waals surface area contributed by atoms with Crippen molar-refractivity contribution in [2.24, 2.45) is 5.92 Å². The molecular weight excluding hydrogens is 393 g/mol. The summed E-state index contributed by atoms with van der Waals surface area (Å²) in [6, 6.07) is 12.3. The van der Waals surface area contributed by atoms with E-state index >= 15 is 0 Å². The molecule has 0 heterocycles. The zero-order valence-electron chi connectivity index (χ0n) is 16.9. The van der Waals surface area contributed by atoms with E-state index in [1.54, 1.807) is 13.0 Å². The molecular formula is C24H27F3OS. The Kier molecular flexibility index (Phi) is 6.99. The highest BCUT2D eigenvalue weighted by Crippen LogP contribution is 2.32. The lowest BCUT2D eigenvalue weighted by Gasteiger charge is -2.29. The average Bonchev–Trinajstić information content (AvgIpc) is 2.64. The van der Waals surface area contributed by atoms with Gasteiger partial charge in [0.1, 0.15) is 5.75 Å². The van der Waals surface area contributed by atoms with Gasteiger partial charge in [-0.2, -0.15) is 13.2 Å². The highest BCUT2D eigenvalue weighted by atomic mass is 32.1. The van der Waals surface area contributed by atoms with Crippen LogP contribution in [0.3, 0.4) is 0 Å². The molecule has 5 heteroatoms. The summed E-state index contributed by atoms with van der Waals surface area (Å²) in [5.41, 5.74) is 1.89. The molecule has 1 aliphatic rings. The molecule has 0 aromatic heterocycles. The molecule has 0 saturated heterocycles. The zero-order chi connectivity index (χ0) is 21.0. The summed E-state index contributed by atoms with van der Waals surface area (Å²) in [7, 11) is 0. The van der Waals surface area contributed by atoms with E-state index in [1.165, 1.54) is 17.7 Å². The smallest absolute Gasteiger partial charge is 0.416 e. The van der Waals surface area contributed by atoms with Gasteiger partial charge in [0.2, 0.25) is 0 Å². The van der Waals surface area contributed by atoms with Crippen molar-refractivity contribution >= 4 is 17.1 Å². The lowest BCUT2D eigenvalue weighted by molar-refractivity contribution is -0.137. The highest BCUT2D eigenvalue weighted by Gasteiger charge is 2.31. The summed E-state index contributed by atoms with van der Waals surface area (Å²) in [4.78, 5) is 0.839. The van der Waals surface area contributed by atoms with Crippen molar-refractivity contribution in [2.75, 3.05) is 0 Å². The summed E-state index contributed by atoms with van der Waals surface area (Å²) >= 11 is 5.53. The maximum Gasteiger partial charge on any atom is 0.416 e. The normalized spacial score (nSPS) is 19.8. The van der Waals surface area contributed by atoms with Crippen molar-refractivity contribution in [3.63, 3.8) is 0 Å². The van der Waals surface area contributed by atoms with Crippen molar-refractivity contribution in [3.05, 3.63) is 64.7 Å². The Morgan fingerprint density at radius 1 is 0.966 bits per heavy atom. The van der Waals surface area contributed by atoms with Crippen LogP contribution in [0.2, 0.25) is 0 Å². The molecule has 0 N–H and O–H groups in total. The molecule has 0 amide bonds. The first-order valence-electron chi connectivity index (χ1n) is 10.1. The van der Waals surface area contributed by atoms with Crippen LogP contribution < -0.4 is 4.74 Å². The van der Waals surface area contributed by atoms with Gasteiger partial charge in [-0.1, -0.05) is 41.5 Å². The number of benzene rings is 2. The van der Waals surface area contributed by atoms with Crippen LogP contribution in [0.1, 0.15) is 54.4 Å². The van der Waals surface area contributed by atoms with E-state index in [4.69, 9.17) is 17.0 Å². The van der Waals surface area contributed by atoms with E-state index in [9.17, 15) is 13.2 Å². The maximum atomic E-state index is 13.0. The summed E-state index contributed by atoms with van der Waals surface area (Å²) in [5.74, 6) is 1.40. The Bertz CT molecular complexity index is 834. The second kappa shape index (κ2) is 9.29. The molecule has 3 rings (SSSR count). The van der Waals surface area contributed by atoms with E-state index in [-0.39, 0.29) is 6.10 Å². The summed E-state index contributed by atoms with van der Waals surface area (Å²) in [6.45, 7) is 3.75. The number of hydrogen-bond donors (Lipinski definition) is 0. The molecule has 0 bridgehead atoms. The molecule has 1 aliphatic carbocycles. The summed E-state index contributed by atoms with van der Waals surface area (Å²) in [5, 5.41) is 0. The molecule has 0 unspecified atom stereocenters. The van der Waals surface area contributed by atoms with Crippen LogP contribution in [0.5, 0.6) is 5.75 Å². The van der Waals surface area contributed by atoms with Gasteiger partial charge in [0.25, 0.3) is 0 Å². The number of hydrogen-bond acceptors (Lipinski definition) is 2. The molecule has 156 valence electrons. The molecule has 0 atom stereocenters. The Morgan fingerprint density at radius 2 is 1.62 bits per heavy atom. The Hall–Kier alpha value is -1.88. The van der Waals surface area contributed by atoms with Gasteiger partial charge in [0.15, 0.2) is 0 Å². The van der Waals surface area contributed by atoms with Gasteiger partial charge in [0, 0.05) is 6.42 Å². The zero-order valence-corrected chi connectivity index (χ0v) is 17.7. The van der Waals surface area contributed by atoms with E-state index in [1.807, 2.05) is 12.1 Å². The molecule has 0 spiro atoms. The molecule has 29 heavy (non-hydrogen) atoms. The summed E-state index contributed by atoms with van der Waals surface area (Å²) < 4.78 is 45.2. The van der Waals surface area contributed by atoms with Crippen LogP contribution >= 0.6 is 12.2 Å². The minimum Gasteiger partial charge on any atom is -0.490 e. The SMILES string of the molecule is Cc1ccc(OC2CCC(CC(=S)Cc3cc(C)cc(C(F)(F)F)c3)CC2)cc1. The largest absolute Gasteiger partial charge is 0.490 e.